The first kappa shape index (κ1) is 16.8. The van der Waals surface area contributed by atoms with E-state index in [-0.39, 0.29) is 11.4 Å². The molecule has 128 valence electrons. The Labute approximate surface area is 146 Å². The second kappa shape index (κ2) is 7.68. The van der Waals surface area contributed by atoms with Crippen molar-refractivity contribution in [3.8, 4) is 5.75 Å². The largest absolute Gasteiger partial charge is 0.497 e. The first-order chi connectivity index (χ1) is 11.7. The Bertz CT molecular complexity index is 649. The van der Waals surface area contributed by atoms with Crippen LogP contribution < -0.4 is 15.4 Å². The van der Waals surface area contributed by atoms with Crippen molar-refractivity contribution in [2.24, 2.45) is 0 Å². The summed E-state index contributed by atoms with van der Waals surface area (Å²) in [5, 5.41) is 7.98. The highest BCUT2D eigenvalue weighted by molar-refractivity contribution is 7.10. The lowest BCUT2D eigenvalue weighted by atomic mass is 9.78. The van der Waals surface area contributed by atoms with Crippen molar-refractivity contribution in [3.05, 3.63) is 46.7 Å². The third-order valence-corrected chi connectivity index (χ3v) is 5.55. The summed E-state index contributed by atoms with van der Waals surface area (Å²) in [6.07, 6.45) is 1.85. The number of nitrogens with one attached hydrogen (secondary N) is 2. The number of hydrogen-bond donors (Lipinski definition) is 2. The SMILES string of the molecule is COc1ccc(NC(=O)NCC2(c3cccs3)CCOCC2)cc1. The van der Waals surface area contributed by atoms with Gasteiger partial charge >= 0.3 is 6.03 Å². The number of thiophene rings is 1. The molecule has 24 heavy (non-hydrogen) atoms. The lowest BCUT2D eigenvalue weighted by molar-refractivity contribution is 0.0521. The minimum atomic E-state index is -0.192. The normalized spacial score (nSPS) is 16.4. The molecule has 0 aliphatic carbocycles. The average Bonchev–Trinajstić information content (AvgIpc) is 3.17. The number of amides is 2. The summed E-state index contributed by atoms with van der Waals surface area (Å²) in [6, 6.07) is 11.3. The van der Waals surface area contributed by atoms with Crippen LogP contribution in [0.2, 0.25) is 0 Å². The molecule has 1 aliphatic rings. The number of methoxy groups -OCH3 is 1. The molecule has 1 aromatic carbocycles. The first-order valence-electron chi connectivity index (χ1n) is 8.02. The third-order valence-electron chi connectivity index (χ3n) is 4.43. The lowest BCUT2D eigenvalue weighted by Crippen LogP contribution is -2.45. The summed E-state index contributed by atoms with van der Waals surface area (Å²) in [5.74, 6) is 0.764. The highest BCUT2D eigenvalue weighted by Crippen LogP contribution is 2.36. The number of hydrogen-bond acceptors (Lipinski definition) is 4. The summed E-state index contributed by atoms with van der Waals surface area (Å²) >= 11 is 1.75. The van der Waals surface area contributed by atoms with E-state index in [2.05, 4.69) is 28.1 Å². The molecule has 1 saturated heterocycles. The second-order valence-corrected chi connectivity index (χ2v) is 6.85. The zero-order valence-corrected chi connectivity index (χ0v) is 14.5. The molecule has 6 heteroatoms. The Balaban J connectivity index is 1.60. The Kier molecular flexibility index (Phi) is 5.37. The molecule has 0 saturated carbocycles. The molecule has 1 aromatic heterocycles. The van der Waals surface area contributed by atoms with Gasteiger partial charge < -0.3 is 20.1 Å². The van der Waals surface area contributed by atoms with Gasteiger partial charge in [-0.1, -0.05) is 6.07 Å². The highest BCUT2D eigenvalue weighted by Gasteiger charge is 2.35. The van der Waals surface area contributed by atoms with E-state index in [1.165, 1.54) is 4.88 Å². The minimum absolute atomic E-state index is 0.0241. The zero-order valence-electron chi connectivity index (χ0n) is 13.7. The summed E-state index contributed by atoms with van der Waals surface area (Å²) in [6.45, 7) is 2.08. The monoisotopic (exact) mass is 346 g/mol. The molecule has 0 bridgehead atoms. The van der Waals surface area contributed by atoms with Gasteiger partial charge in [-0.15, -0.1) is 11.3 Å². The van der Waals surface area contributed by atoms with Gasteiger partial charge in [0.1, 0.15) is 5.75 Å². The maximum Gasteiger partial charge on any atom is 0.319 e. The van der Waals surface area contributed by atoms with E-state index in [0.717, 1.165) is 37.5 Å². The van der Waals surface area contributed by atoms with Gasteiger partial charge in [-0.25, -0.2) is 4.79 Å². The van der Waals surface area contributed by atoms with E-state index in [4.69, 9.17) is 9.47 Å². The molecule has 1 aliphatic heterocycles. The Morgan fingerprint density at radius 1 is 1.25 bits per heavy atom. The number of carbonyl (C=O) groups is 1. The number of rotatable bonds is 5. The molecular weight excluding hydrogens is 324 g/mol. The van der Waals surface area contributed by atoms with E-state index in [1.807, 2.05) is 24.3 Å². The van der Waals surface area contributed by atoms with Crippen molar-refractivity contribution in [3.63, 3.8) is 0 Å². The van der Waals surface area contributed by atoms with Crippen LogP contribution in [0, 0.1) is 0 Å². The van der Waals surface area contributed by atoms with Crippen molar-refractivity contribution in [1.82, 2.24) is 5.32 Å². The van der Waals surface area contributed by atoms with Crippen LogP contribution in [0.25, 0.3) is 0 Å². The maximum absolute atomic E-state index is 12.2. The topological polar surface area (TPSA) is 59.6 Å². The molecule has 1 fully saturated rings. The molecule has 5 nitrogen and oxygen atoms in total. The molecule has 2 amide bonds. The summed E-state index contributed by atoms with van der Waals surface area (Å²) in [5.41, 5.74) is 0.717. The van der Waals surface area contributed by atoms with Crippen LogP contribution in [0.15, 0.2) is 41.8 Å². The lowest BCUT2D eigenvalue weighted by Gasteiger charge is -2.36. The fourth-order valence-electron chi connectivity index (χ4n) is 2.95. The van der Waals surface area contributed by atoms with Crippen LogP contribution in [0.5, 0.6) is 5.75 Å². The second-order valence-electron chi connectivity index (χ2n) is 5.91. The van der Waals surface area contributed by atoms with E-state index in [9.17, 15) is 4.79 Å². The molecule has 0 atom stereocenters. The summed E-state index contributed by atoms with van der Waals surface area (Å²) in [4.78, 5) is 13.6. The number of carbonyl (C=O) groups excluding carboxylic acids is 1. The Morgan fingerprint density at radius 3 is 2.62 bits per heavy atom. The third kappa shape index (κ3) is 3.88. The molecule has 0 spiro atoms. The smallest absolute Gasteiger partial charge is 0.319 e. The Hall–Kier alpha value is -2.05. The number of urea groups is 1. The quantitative estimate of drug-likeness (QED) is 0.869. The van der Waals surface area contributed by atoms with Gasteiger partial charge in [-0.05, 0) is 48.6 Å². The van der Waals surface area contributed by atoms with Gasteiger partial charge in [0.25, 0.3) is 0 Å². The maximum atomic E-state index is 12.2. The molecule has 2 heterocycles. The van der Waals surface area contributed by atoms with Crippen molar-refractivity contribution >= 4 is 23.1 Å². The molecular formula is C18H22N2O3S. The molecule has 0 radical (unpaired) electrons. The van der Waals surface area contributed by atoms with Crippen LogP contribution in [-0.4, -0.2) is 32.9 Å². The fraction of sp³-hybridized carbons (Fsp3) is 0.389. The van der Waals surface area contributed by atoms with Crippen molar-refractivity contribution in [1.29, 1.82) is 0 Å². The zero-order chi connectivity index (χ0) is 16.8. The van der Waals surface area contributed by atoms with Crippen LogP contribution in [0.1, 0.15) is 17.7 Å². The molecule has 2 aromatic rings. The molecule has 2 N–H and O–H groups in total. The minimum Gasteiger partial charge on any atom is -0.497 e. The van der Waals surface area contributed by atoms with Crippen molar-refractivity contribution in [2.45, 2.75) is 18.3 Å². The van der Waals surface area contributed by atoms with E-state index in [0.29, 0.717) is 6.54 Å². The van der Waals surface area contributed by atoms with Crippen LogP contribution in [0.3, 0.4) is 0 Å². The van der Waals surface area contributed by atoms with Gasteiger partial charge in [0.15, 0.2) is 0 Å². The van der Waals surface area contributed by atoms with Crippen molar-refractivity contribution in [2.75, 3.05) is 32.2 Å². The first-order valence-corrected chi connectivity index (χ1v) is 8.90. The van der Waals surface area contributed by atoms with Crippen LogP contribution in [0.4, 0.5) is 10.5 Å². The van der Waals surface area contributed by atoms with E-state index in [1.54, 1.807) is 18.4 Å². The van der Waals surface area contributed by atoms with Gasteiger partial charge in [0.2, 0.25) is 0 Å². The predicted molar refractivity (Wildman–Crippen MR) is 96.1 cm³/mol. The van der Waals surface area contributed by atoms with E-state index >= 15 is 0 Å². The standard InChI is InChI=1S/C18H22N2O3S/c1-22-15-6-4-14(5-7-15)20-17(21)19-13-18(8-10-23-11-9-18)16-3-2-12-24-16/h2-7,12H,8-11,13H2,1H3,(H2,19,20,21). The molecule has 0 unspecified atom stereocenters. The van der Waals surface area contributed by atoms with Gasteiger partial charge in [-0.2, -0.15) is 0 Å². The fourth-order valence-corrected chi connectivity index (χ4v) is 3.94. The van der Waals surface area contributed by atoms with Gasteiger partial charge in [0.05, 0.1) is 7.11 Å². The summed E-state index contributed by atoms with van der Waals surface area (Å²) in [7, 11) is 1.62. The van der Waals surface area contributed by atoms with Crippen LogP contribution in [-0.2, 0) is 10.2 Å². The van der Waals surface area contributed by atoms with Gasteiger partial charge in [0, 0.05) is 35.7 Å². The Morgan fingerprint density at radius 2 is 2.00 bits per heavy atom. The number of anilines is 1. The van der Waals surface area contributed by atoms with Gasteiger partial charge in [-0.3, -0.25) is 0 Å². The van der Waals surface area contributed by atoms with E-state index < -0.39 is 0 Å². The number of benzene rings is 1. The summed E-state index contributed by atoms with van der Waals surface area (Å²) < 4.78 is 10.6. The predicted octanol–water partition coefficient (Wildman–Crippen LogP) is 3.63. The average molecular weight is 346 g/mol. The van der Waals surface area contributed by atoms with Crippen LogP contribution >= 0.6 is 11.3 Å². The highest BCUT2D eigenvalue weighted by atomic mass is 32.1. The molecule has 3 rings (SSSR count). The van der Waals surface area contributed by atoms with Crippen molar-refractivity contribution < 1.29 is 14.3 Å². The number of ether oxygens (including phenoxy) is 2.